The first-order valence-corrected chi connectivity index (χ1v) is 8.62. The average Bonchev–Trinajstić information content (AvgIpc) is 2.90. The van der Waals surface area contributed by atoms with Gasteiger partial charge in [0.25, 0.3) is 0 Å². The fourth-order valence-electron chi connectivity index (χ4n) is 3.29. The van der Waals surface area contributed by atoms with Crippen molar-refractivity contribution in [3.05, 3.63) is 42.6 Å². The number of imidazole rings is 1. The van der Waals surface area contributed by atoms with E-state index in [1.54, 1.807) is 6.92 Å². The smallest absolute Gasteiger partial charge is 0.219 e. The first kappa shape index (κ1) is 15.6. The zero-order valence-corrected chi connectivity index (χ0v) is 14.3. The maximum atomic E-state index is 11.6. The van der Waals surface area contributed by atoms with Crippen LogP contribution >= 0.6 is 0 Å². The summed E-state index contributed by atoms with van der Waals surface area (Å²) in [6.07, 6.45) is 2.78. The van der Waals surface area contributed by atoms with Crippen LogP contribution in [0.3, 0.4) is 0 Å². The number of fused-ring (bicyclic) bond motifs is 1. The molecule has 3 heterocycles. The van der Waals surface area contributed by atoms with E-state index in [9.17, 15) is 4.79 Å². The number of anilines is 1. The van der Waals surface area contributed by atoms with E-state index < -0.39 is 0 Å². The molecule has 0 aliphatic carbocycles. The van der Waals surface area contributed by atoms with Crippen molar-refractivity contribution in [2.75, 3.05) is 31.1 Å². The normalized spacial score (nSPS) is 15.4. The third kappa shape index (κ3) is 3.20. The number of hydrogen-bond donors (Lipinski definition) is 1. The van der Waals surface area contributed by atoms with Crippen LogP contribution < -0.4 is 4.90 Å². The van der Waals surface area contributed by atoms with E-state index in [2.05, 4.69) is 25.9 Å². The number of hydrogen-bond acceptors (Lipinski definition) is 4. The molecule has 6 heteroatoms. The van der Waals surface area contributed by atoms with Gasteiger partial charge in [0.1, 0.15) is 11.6 Å². The van der Waals surface area contributed by atoms with Crippen molar-refractivity contribution in [1.29, 1.82) is 0 Å². The SMILES string of the molecule is CC(=O)N1CCCN(c2cc(-c3nc4ccccc4[nH]3)ccn2)CC1. The summed E-state index contributed by atoms with van der Waals surface area (Å²) in [5, 5.41) is 0. The molecule has 1 aliphatic rings. The first-order chi connectivity index (χ1) is 12.2. The summed E-state index contributed by atoms with van der Waals surface area (Å²) >= 11 is 0. The van der Waals surface area contributed by atoms with Crippen molar-refractivity contribution in [2.24, 2.45) is 0 Å². The van der Waals surface area contributed by atoms with Gasteiger partial charge in [-0.15, -0.1) is 0 Å². The van der Waals surface area contributed by atoms with Gasteiger partial charge in [0.2, 0.25) is 5.91 Å². The topological polar surface area (TPSA) is 65.1 Å². The molecular formula is C19H21N5O. The number of H-pyrrole nitrogens is 1. The Bertz CT molecular complexity index is 870. The monoisotopic (exact) mass is 335 g/mol. The van der Waals surface area contributed by atoms with E-state index in [-0.39, 0.29) is 5.91 Å². The van der Waals surface area contributed by atoms with Crippen molar-refractivity contribution in [3.8, 4) is 11.4 Å². The summed E-state index contributed by atoms with van der Waals surface area (Å²) in [5.74, 6) is 1.93. The molecule has 0 unspecified atom stereocenters. The van der Waals surface area contributed by atoms with E-state index in [0.29, 0.717) is 0 Å². The number of nitrogens with zero attached hydrogens (tertiary/aromatic N) is 4. The standard InChI is InChI=1S/C19H21N5O/c1-14(25)23-9-4-10-24(12-11-23)18-13-15(7-8-20-18)19-21-16-5-2-3-6-17(16)22-19/h2-3,5-8,13H,4,9-12H2,1H3,(H,21,22). The predicted molar refractivity (Wildman–Crippen MR) is 98.4 cm³/mol. The number of aromatic nitrogens is 3. The van der Waals surface area contributed by atoms with Crippen LogP contribution in [0.4, 0.5) is 5.82 Å². The molecule has 25 heavy (non-hydrogen) atoms. The zero-order chi connectivity index (χ0) is 17.2. The van der Waals surface area contributed by atoms with Gasteiger partial charge in [0, 0.05) is 44.9 Å². The van der Waals surface area contributed by atoms with Gasteiger partial charge in [0.15, 0.2) is 0 Å². The lowest BCUT2D eigenvalue weighted by atomic mass is 10.2. The van der Waals surface area contributed by atoms with Crippen molar-refractivity contribution in [3.63, 3.8) is 0 Å². The van der Waals surface area contributed by atoms with E-state index in [1.165, 1.54) is 0 Å². The van der Waals surface area contributed by atoms with Gasteiger partial charge in [-0.25, -0.2) is 9.97 Å². The van der Waals surface area contributed by atoms with Crippen LogP contribution in [0, 0.1) is 0 Å². The molecule has 0 radical (unpaired) electrons. The minimum atomic E-state index is 0.144. The Morgan fingerprint density at radius 2 is 2.00 bits per heavy atom. The number of nitrogens with one attached hydrogen (secondary N) is 1. The van der Waals surface area contributed by atoms with Crippen LogP contribution in [-0.2, 0) is 4.79 Å². The van der Waals surface area contributed by atoms with Crippen LogP contribution in [0.1, 0.15) is 13.3 Å². The molecule has 2 aromatic heterocycles. The number of amides is 1. The summed E-state index contributed by atoms with van der Waals surface area (Å²) in [6.45, 7) is 4.90. The van der Waals surface area contributed by atoms with Crippen LogP contribution in [-0.4, -0.2) is 51.9 Å². The molecule has 6 nitrogen and oxygen atoms in total. The van der Waals surface area contributed by atoms with Gasteiger partial charge >= 0.3 is 0 Å². The molecule has 1 aromatic carbocycles. The molecule has 1 N–H and O–H groups in total. The highest BCUT2D eigenvalue weighted by Crippen LogP contribution is 2.24. The maximum Gasteiger partial charge on any atom is 0.219 e. The van der Waals surface area contributed by atoms with Crippen LogP contribution in [0.15, 0.2) is 42.6 Å². The van der Waals surface area contributed by atoms with E-state index in [0.717, 1.165) is 60.8 Å². The molecule has 1 amide bonds. The Morgan fingerprint density at radius 1 is 1.12 bits per heavy atom. The van der Waals surface area contributed by atoms with E-state index in [4.69, 9.17) is 0 Å². The fourth-order valence-corrected chi connectivity index (χ4v) is 3.29. The summed E-state index contributed by atoms with van der Waals surface area (Å²) in [7, 11) is 0. The molecule has 3 aromatic rings. The van der Waals surface area contributed by atoms with Crippen LogP contribution in [0.25, 0.3) is 22.4 Å². The zero-order valence-electron chi connectivity index (χ0n) is 14.3. The van der Waals surface area contributed by atoms with Gasteiger partial charge in [-0.3, -0.25) is 4.79 Å². The van der Waals surface area contributed by atoms with Crippen molar-refractivity contribution in [2.45, 2.75) is 13.3 Å². The molecule has 128 valence electrons. The molecule has 0 bridgehead atoms. The summed E-state index contributed by atoms with van der Waals surface area (Å²) in [4.78, 5) is 28.3. The second-order valence-corrected chi connectivity index (χ2v) is 6.35. The van der Waals surface area contributed by atoms with E-state index >= 15 is 0 Å². The molecular weight excluding hydrogens is 314 g/mol. The summed E-state index contributed by atoms with van der Waals surface area (Å²) < 4.78 is 0. The Balaban J connectivity index is 1.60. The maximum absolute atomic E-state index is 11.6. The number of aromatic amines is 1. The fraction of sp³-hybridized carbons (Fsp3) is 0.316. The summed E-state index contributed by atoms with van der Waals surface area (Å²) in [6, 6.07) is 12.1. The van der Waals surface area contributed by atoms with Gasteiger partial charge in [-0.2, -0.15) is 0 Å². The largest absolute Gasteiger partial charge is 0.355 e. The predicted octanol–water partition coefficient (Wildman–Crippen LogP) is 2.68. The molecule has 0 spiro atoms. The quantitative estimate of drug-likeness (QED) is 0.782. The number of carbonyl (C=O) groups is 1. The lowest BCUT2D eigenvalue weighted by Crippen LogP contribution is -2.33. The summed E-state index contributed by atoms with van der Waals surface area (Å²) in [5.41, 5.74) is 3.01. The molecule has 0 saturated carbocycles. The van der Waals surface area contributed by atoms with Crippen LogP contribution in [0.2, 0.25) is 0 Å². The second kappa shape index (κ2) is 6.55. The van der Waals surface area contributed by atoms with Crippen LogP contribution in [0.5, 0.6) is 0 Å². The Kier molecular flexibility index (Phi) is 4.09. The Hall–Kier alpha value is -2.89. The molecule has 1 fully saturated rings. The minimum absolute atomic E-state index is 0.144. The van der Waals surface area contributed by atoms with E-state index in [1.807, 2.05) is 41.4 Å². The molecule has 4 rings (SSSR count). The lowest BCUT2D eigenvalue weighted by molar-refractivity contribution is -0.128. The number of carbonyl (C=O) groups excluding carboxylic acids is 1. The second-order valence-electron chi connectivity index (χ2n) is 6.35. The third-order valence-electron chi connectivity index (χ3n) is 4.67. The number of pyridine rings is 1. The van der Waals surface area contributed by atoms with Gasteiger partial charge in [-0.05, 0) is 30.7 Å². The molecule has 0 atom stereocenters. The highest BCUT2D eigenvalue weighted by molar-refractivity contribution is 5.79. The van der Waals surface area contributed by atoms with Gasteiger partial charge < -0.3 is 14.8 Å². The Labute approximate surface area is 146 Å². The Morgan fingerprint density at radius 3 is 2.84 bits per heavy atom. The number of benzene rings is 1. The van der Waals surface area contributed by atoms with Gasteiger partial charge in [-0.1, -0.05) is 12.1 Å². The number of para-hydroxylation sites is 2. The van der Waals surface area contributed by atoms with Gasteiger partial charge in [0.05, 0.1) is 11.0 Å². The third-order valence-corrected chi connectivity index (χ3v) is 4.67. The van der Waals surface area contributed by atoms with Crippen molar-refractivity contribution >= 4 is 22.8 Å². The average molecular weight is 335 g/mol. The highest BCUT2D eigenvalue weighted by atomic mass is 16.2. The van der Waals surface area contributed by atoms with Crippen molar-refractivity contribution < 1.29 is 4.79 Å². The minimum Gasteiger partial charge on any atom is -0.355 e. The molecule has 1 saturated heterocycles. The highest BCUT2D eigenvalue weighted by Gasteiger charge is 2.18. The lowest BCUT2D eigenvalue weighted by Gasteiger charge is -2.22. The molecule has 1 aliphatic heterocycles. The van der Waals surface area contributed by atoms with Crippen molar-refractivity contribution in [1.82, 2.24) is 19.9 Å². The first-order valence-electron chi connectivity index (χ1n) is 8.62. The number of rotatable bonds is 2.